The minimum Gasteiger partial charge on any atom is -0.449 e. The van der Waals surface area contributed by atoms with Crippen LogP contribution in [0.15, 0.2) is 22.7 Å². The molecule has 0 N–H and O–H groups in total. The SMILES string of the molecule is CCCN(CCC)C(=O)C(C)Oc1nc(CC(C)C)n(-c2cc(Cl)cc(Br)c2)n1. The third-order valence-corrected chi connectivity index (χ3v) is 4.94. The third kappa shape index (κ3) is 6.71. The van der Waals surface area contributed by atoms with Crippen LogP contribution in [0.3, 0.4) is 0 Å². The van der Waals surface area contributed by atoms with Crippen LogP contribution in [-0.4, -0.2) is 44.8 Å². The lowest BCUT2D eigenvalue weighted by Crippen LogP contribution is -2.41. The lowest BCUT2D eigenvalue weighted by Gasteiger charge is -2.24. The van der Waals surface area contributed by atoms with Gasteiger partial charge in [0.1, 0.15) is 5.82 Å². The summed E-state index contributed by atoms with van der Waals surface area (Å²) in [5.41, 5.74) is 0.792. The van der Waals surface area contributed by atoms with E-state index in [1.165, 1.54) is 0 Å². The van der Waals surface area contributed by atoms with Gasteiger partial charge in [-0.25, -0.2) is 4.68 Å². The van der Waals surface area contributed by atoms with Crippen LogP contribution in [0.25, 0.3) is 5.69 Å². The van der Waals surface area contributed by atoms with E-state index < -0.39 is 6.10 Å². The van der Waals surface area contributed by atoms with Crippen molar-refractivity contribution in [2.45, 2.75) is 60.0 Å². The second-order valence-electron chi connectivity index (χ2n) is 7.53. The molecule has 0 aliphatic rings. The largest absolute Gasteiger partial charge is 0.449 e. The molecule has 1 aromatic heterocycles. The highest BCUT2D eigenvalue weighted by molar-refractivity contribution is 9.10. The van der Waals surface area contributed by atoms with Gasteiger partial charge >= 0.3 is 6.01 Å². The van der Waals surface area contributed by atoms with E-state index in [1.807, 2.05) is 23.1 Å². The summed E-state index contributed by atoms with van der Waals surface area (Å²) >= 11 is 9.68. The molecule has 8 heteroatoms. The van der Waals surface area contributed by atoms with E-state index in [1.54, 1.807) is 11.6 Å². The summed E-state index contributed by atoms with van der Waals surface area (Å²) in [7, 11) is 0. The van der Waals surface area contributed by atoms with E-state index in [0.29, 0.717) is 10.9 Å². The van der Waals surface area contributed by atoms with Gasteiger partial charge in [-0.2, -0.15) is 4.98 Å². The Labute approximate surface area is 186 Å². The number of ether oxygens (including phenoxy) is 1. The Hall–Kier alpha value is -1.60. The van der Waals surface area contributed by atoms with Crippen molar-refractivity contribution in [1.29, 1.82) is 0 Å². The summed E-state index contributed by atoms with van der Waals surface area (Å²) in [5.74, 6) is 1.11. The Morgan fingerprint density at radius 1 is 1.21 bits per heavy atom. The van der Waals surface area contributed by atoms with Crippen molar-refractivity contribution in [3.05, 3.63) is 33.5 Å². The monoisotopic (exact) mass is 484 g/mol. The Kier molecular flexibility index (Phi) is 8.96. The summed E-state index contributed by atoms with van der Waals surface area (Å²) in [6.45, 7) is 11.5. The minimum atomic E-state index is -0.651. The fraction of sp³-hybridized carbons (Fsp3) is 0.571. The summed E-state index contributed by atoms with van der Waals surface area (Å²) < 4.78 is 8.44. The quantitative estimate of drug-likeness (QED) is 0.458. The van der Waals surface area contributed by atoms with Crippen LogP contribution in [-0.2, 0) is 11.2 Å². The summed E-state index contributed by atoms with van der Waals surface area (Å²) in [4.78, 5) is 19.2. The number of hydrogen-bond acceptors (Lipinski definition) is 4. The maximum absolute atomic E-state index is 12.8. The zero-order valence-corrected chi connectivity index (χ0v) is 20.1. The van der Waals surface area contributed by atoms with E-state index in [2.05, 4.69) is 53.7 Å². The predicted octanol–water partition coefficient (Wildman–Crippen LogP) is 5.30. The normalized spacial score (nSPS) is 12.3. The fourth-order valence-electron chi connectivity index (χ4n) is 3.08. The van der Waals surface area contributed by atoms with Gasteiger partial charge < -0.3 is 9.64 Å². The molecule has 0 bridgehead atoms. The molecule has 1 heterocycles. The molecular formula is C21H30BrClN4O2. The van der Waals surface area contributed by atoms with Gasteiger partial charge in [-0.15, -0.1) is 5.10 Å². The molecule has 1 aromatic carbocycles. The van der Waals surface area contributed by atoms with Crippen molar-refractivity contribution in [2.75, 3.05) is 13.1 Å². The number of amides is 1. The van der Waals surface area contributed by atoms with Crippen molar-refractivity contribution in [1.82, 2.24) is 19.7 Å². The van der Waals surface area contributed by atoms with Gasteiger partial charge in [0.15, 0.2) is 6.10 Å². The van der Waals surface area contributed by atoms with Gasteiger partial charge in [-0.3, -0.25) is 4.79 Å². The van der Waals surface area contributed by atoms with E-state index in [4.69, 9.17) is 16.3 Å². The molecule has 2 rings (SSSR count). The zero-order chi connectivity index (χ0) is 21.6. The number of hydrogen-bond donors (Lipinski definition) is 0. The number of benzene rings is 1. The molecule has 0 saturated heterocycles. The Morgan fingerprint density at radius 3 is 2.41 bits per heavy atom. The average Bonchev–Trinajstić information content (AvgIpc) is 3.01. The molecule has 1 unspecified atom stereocenters. The molecule has 6 nitrogen and oxygen atoms in total. The zero-order valence-electron chi connectivity index (χ0n) is 17.8. The Bertz CT molecular complexity index is 799. The summed E-state index contributed by atoms with van der Waals surface area (Å²) in [5, 5.41) is 5.12. The first-order valence-corrected chi connectivity index (χ1v) is 11.3. The molecule has 0 spiro atoms. The molecule has 29 heavy (non-hydrogen) atoms. The molecule has 0 aliphatic carbocycles. The van der Waals surface area contributed by atoms with Crippen LogP contribution >= 0.6 is 27.5 Å². The van der Waals surface area contributed by atoms with Crippen molar-refractivity contribution in [3.8, 4) is 11.7 Å². The van der Waals surface area contributed by atoms with Crippen LogP contribution in [0.1, 0.15) is 53.3 Å². The highest BCUT2D eigenvalue weighted by atomic mass is 79.9. The van der Waals surface area contributed by atoms with Crippen molar-refractivity contribution in [2.24, 2.45) is 5.92 Å². The van der Waals surface area contributed by atoms with Crippen molar-refractivity contribution in [3.63, 3.8) is 0 Å². The van der Waals surface area contributed by atoms with Gasteiger partial charge in [0.2, 0.25) is 0 Å². The minimum absolute atomic E-state index is 0.0408. The lowest BCUT2D eigenvalue weighted by atomic mass is 10.1. The van der Waals surface area contributed by atoms with Gasteiger partial charge in [0.25, 0.3) is 5.91 Å². The number of carbonyl (C=O) groups is 1. The first-order valence-electron chi connectivity index (χ1n) is 10.1. The van der Waals surface area contributed by atoms with Gasteiger partial charge in [-0.05, 0) is 43.9 Å². The number of rotatable bonds is 10. The highest BCUT2D eigenvalue weighted by Crippen LogP contribution is 2.24. The number of nitrogens with zero attached hydrogens (tertiary/aromatic N) is 4. The van der Waals surface area contributed by atoms with Gasteiger partial charge in [-0.1, -0.05) is 55.2 Å². The molecule has 160 valence electrons. The van der Waals surface area contributed by atoms with Crippen molar-refractivity contribution < 1.29 is 9.53 Å². The van der Waals surface area contributed by atoms with Gasteiger partial charge in [0.05, 0.1) is 5.69 Å². The topological polar surface area (TPSA) is 60.3 Å². The van der Waals surface area contributed by atoms with Crippen LogP contribution in [0.4, 0.5) is 0 Å². The smallest absolute Gasteiger partial charge is 0.336 e. The maximum Gasteiger partial charge on any atom is 0.336 e. The second kappa shape index (κ2) is 11.0. The van der Waals surface area contributed by atoms with E-state index >= 15 is 0 Å². The molecule has 0 saturated carbocycles. The van der Waals surface area contributed by atoms with E-state index in [9.17, 15) is 4.79 Å². The second-order valence-corrected chi connectivity index (χ2v) is 8.89. The average molecular weight is 486 g/mol. The molecular weight excluding hydrogens is 456 g/mol. The Balaban J connectivity index is 2.29. The summed E-state index contributed by atoms with van der Waals surface area (Å²) in [6.07, 6.45) is 1.89. The highest BCUT2D eigenvalue weighted by Gasteiger charge is 2.24. The number of halogens is 2. The molecule has 2 aromatic rings. The number of aromatic nitrogens is 3. The fourth-order valence-corrected chi connectivity index (χ4v) is 3.92. The summed E-state index contributed by atoms with van der Waals surface area (Å²) in [6, 6.07) is 5.77. The van der Waals surface area contributed by atoms with E-state index in [-0.39, 0.29) is 11.9 Å². The third-order valence-electron chi connectivity index (χ3n) is 4.27. The molecule has 0 fully saturated rings. The van der Waals surface area contributed by atoms with Crippen LogP contribution in [0.5, 0.6) is 6.01 Å². The molecule has 1 amide bonds. The number of carbonyl (C=O) groups excluding carboxylic acids is 1. The maximum atomic E-state index is 12.8. The van der Waals surface area contributed by atoms with Crippen LogP contribution < -0.4 is 4.74 Å². The first-order chi connectivity index (χ1) is 13.7. The lowest BCUT2D eigenvalue weighted by molar-refractivity contribution is -0.138. The first kappa shape index (κ1) is 23.7. The standard InChI is InChI=1S/C21H30BrClN4O2/c1-6-8-26(9-7-2)20(28)15(5)29-21-24-19(10-14(3)4)27(25-21)18-12-16(22)11-17(23)13-18/h11-15H,6-10H2,1-5H3. The Morgan fingerprint density at radius 2 is 1.86 bits per heavy atom. The van der Waals surface area contributed by atoms with E-state index in [0.717, 1.165) is 48.3 Å². The van der Waals surface area contributed by atoms with Gasteiger partial charge in [0, 0.05) is 29.0 Å². The van der Waals surface area contributed by atoms with Crippen LogP contribution in [0, 0.1) is 5.92 Å². The van der Waals surface area contributed by atoms with Crippen LogP contribution in [0.2, 0.25) is 5.02 Å². The molecule has 0 radical (unpaired) electrons. The molecule has 1 atom stereocenters. The van der Waals surface area contributed by atoms with Crippen molar-refractivity contribution >= 4 is 33.4 Å². The predicted molar refractivity (Wildman–Crippen MR) is 120 cm³/mol. The molecule has 0 aliphatic heterocycles.